The first-order chi connectivity index (χ1) is 10.9. The van der Waals surface area contributed by atoms with Crippen LogP contribution in [0, 0.1) is 13.8 Å². The average Bonchev–Trinajstić information content (AvgIpc) is 2.55. The number of carbonyl (C=O) groups is 1. The third-order valence-corrected chi connectivity index (χ3v) is 6.05. The molecule has 7 heteroatoms. The largest absolute Gasteiger partial charge is 0.378 e. The minimum Gasteiger partial charge on any atom is -0.378 e. The Morgan fingerprint density at radius 1 is 1.26 bits per heavy atom. The van der Waals surface area contributed by atoms with E-state index in [2.05, 4.69) is 0 Å². The summed E-state index contributed by atoms with van der Waals surface area (Å²) in [4.78, 5) is 14.3. The van der Waals surface area contributed by atoms with Gasteiger partial charge in [0, 0.05) is 19.6 Å². The summed E-state index contributed by atoms with van der Waals surface area (Å²) in [6, 6.07) is 5.33. The Kier molecular flexibility index (Phi) is 5.78. The summed E-state index contributed by atoms with van der Waals surface area (Å²) in [5, 5.41) is 0. The van der Waals surface area contributed by atoms with Crippen LogP contribution < -0.4 is 0 Å². The van der Waals surface area contributed by atoms with Crippen molar-refractivity contribution in [2.24, 2.45) is 0 Å². The van der Waals surface area contributed by atoms with Crippen LogP contribution in [-0.4, -0.2) is 62.9 Å². The Morgan fingerprint density at radius 2 is 1.91 bits per heavy atom. The molecule has 1 aromatic carbocycles. The molecule has 0 aliphatic carbocycles. The van der Waals surface area contributed by atoms with Crippen LogP contribution in [0.15, 0.2) is 23.1 Å². The second-order valence-corrected chi connectivity index (χ2v) is 7.60. The molecule has 0 saturated carbocycles. The first kappa shape index (κ1) is 17.9. The highest BCUT2D eigenvalue weighted by Crippen LogP contribution is 2.21. The first-order valence-electron chi connectivity index (χ1n) is 7.79. The van der Waals surface area contributed by atoms with Gasteiger partial charge in [0.15, 0.2) is 0 Å². The highest BCUT2D eigenvalue weighted by atomic mass is 32.2. The van der Waals surface area contributed by atoms with Crippen LogP contribution in [0.2, 0.25) is 0 Å². The van der Waals surface area contributed by atoms with Gasteiger partial charge in [-0.05, 0) is 31.0 Å². The van der Waals surface area contributed by atoms with E-state index in [0.29, 0.717) is 31.9 Å². The summed E-state index contributed by atoms with van der Waals surface area (Å²) < 4.78 is 32.2. The summed E-state index contributed by atoms with van der Waals surface area (Å²) >= 11 is 0. The maximum atomic E-state index is 12.9. The van der Waals surface area contributed by atoms with Crippen molar-refractivity contribution in [3.63, 3.8) is 0 Å². The molecule has 128 valence electrons. The Morgan fingerprint density at radius 3 is 2.52 bits per heavy atom. The number of hydrogen-bond acceptors (Lipinski definition) is 4. The van der Waals surface area contributed by atoms with Gasteiger partial charge in [0.25, 0.3) is 0 Å². The van der Waals surface area contributed by atoms with E-state index in [-0.39, 0.29) is 23.9 Å². The number of rotatable bonds is 5. The fraction of sp³-hybridized carbons (Fsp3) is 0.562. The van der Waals surface area contributed by atoms with Gasteiger partial charge >= 0.3 is 0 Å². The van der Waals surface area contributed by atoms with Gasteiger partial charge in [-0.3, -0.25) is 4.79 Å². The molecule has 1 heterocycles. The molecule has 2 rings (SSSR count). The van der Waals surface area contributed by atoms with Gasteiger partial charge in [-0.15, -0.1) is 0 Å². The Balaban J connectivity index is 2.21. The number of sulfonamides is 1. The molecule has 0 radical (unpaired) electrons. The lowest BCUT2D eigenvalue weighted by Crippen LogP contribution is -2.47. The van der Waals surface area contributed by atoms with Crippen LogP contribution in [0.25, 0.3) is 0 Å². The molecule has 0 bridgehead atoms. The molecule has 6 nitrogen and oxygen atoms in total. The minimum atomic E-state index is -3.68. The van der Waals surface area contributed by atoms with Crippen molar-refractivity contribution in [2.75, 3.05) is 39.4 Å². The van der Waals surface area contributed by atoms with E-state index in [9.17, 15) is 13.2 Å². The second-order valence-electron chi connectivity index (χ2n) is 5.69. The Labute approximate surface area is 138 Å². The molecular formula is C16H24N2O4S. The quantitative estimate of drug-likeness (QED) is 0.807. The number of amides is 1. The zero-order chi connectivity index (χ0) is 17.0. The number of carbonyl (C=O) groups excluding carboxylic acids is 1. The van der Waals surface area contributed by atoms with Gasteiger partial charge in [0.2, 0.25) is 15.9 Å². The highest BCUT2D eigenvalue weighted by Gasteiger charge is 2.29. The Bertz CT molecular complexity index is 667. The third kappa shape index (κ3) is 4.10. The normalized spacial score (nSPS) is 15.9. The lowest BCUT2D eigenvalue weighted by atomic mass is 10.2. The van der Waals surface area contributed by atoms with Crippen LogP contribution in [0.5, 0.6) is 0 Å². The van der Waals surface area contributed by atoms with E-state index in [0.717, 1.165) is 5.56 Å². The van der Waals surface area contributed by atoms with E-state index in [1.807, 2.05) is 13.0 Å². The molecule has 1 saturated heterocycles. The zero-order valence-electron chi connectivity index (χ0n) is 13.9. The van der Waals surface area contributed by atoms with Gasteiger partial charge < -0.3 is 9.64 Å². The number of likely N-dealkylation sites (N-methyl/N-ethyl adjacent to an activating group) is 1. The lowest BCUT2D eigenvalue weighted by molar-refractivity contribution is -0.135. The van der Waals surface area contributed by atoms with Crippen LogP contribution in [-0.2, 0) is 19.6 Å². The summed E-state index contributed by atoms with van der Waals surface area (Å²) in [5.41, 5.74) is 1.57. The monoisotopic (exact) mass is 340 g/mol. The van der Waals surface area contributed by atoms with Crippen molar-refractivity contribution in [3.8, 4) is 0 Å². The van der Waals surface area contributed by atoms with Crippen molar-refractivity contribution in [3.05, 3.63) is 29.3 Å². The van der Waals surface area contributed by atoms with Crippen LogP contribution in [0.4, 0.5) is 0 Å². The average molecular weight is 340 g/mol. The summed E-state index contributed by atoms with van der Waals surface area (Å²) in [6.45, 7) is 7.52. The SMILES string of the molecule is CCN(CC(=O)N1CCOCC1)S(=O)(=O)c1cc(C)ccc1C. The second kappa shape index (κ2) is 7.42. The van der Waals surface area contributed by atoms with Crippen molar-refractivity contribution in [1.82, 2.24) is 9.21 Å². The standard InChI is InChI=1S/C16H24N2O4S/c1-4-18(12-16(19)17-7-9-22-10-8-17)23(20,21)15-11-13(2)5-6-14(15)3/h5-6,11H,4,7-10,12H2,1-3H3. The van der Waals surface area contributed by atoms with Crippen molar-refractivity contribution < 1.29 is 17.9 Å². The summed E-state index contributed by atoms with van der Waals surface area (Å²) in [7, 11) is -3.68. The van der Waals surface area contributed by atoms with Gasteiger partial charge in [0.05, 0.1) is 24.7 Å². The molecule has 0 N–H and O–H groups in total. The number of aryl methyl sites for hydroxylation is 2. The van der Waals surface area contributed by atoms with Gasteiger partial charge in [0.1, 0.15) is 0 Å². The molecule has 1 amide bonds. The summed E-state index contributed by atoms with van der Waals surface area (Å²) in [5.74, 6) is -0.177. The number of morpholine rings is 1. The smallest absolute Gasteiger partial charge is 0.243 e. The molecule has 0 unspecified atom stereocenters. The van der Waals surface area contributed by atoms with E-state index < -0.39 is 10.0 Å². The van der Waals surface area contributed by atoms with Crippen LogP contribution >= 0.6 is 0 Å². The maximum absolute atomic E-state index is 12.9. The highest BCUT2D eigenvalue weighted by molar-refractivity contribution is 7.89. The van der Waals surface area contributed by atoms with Gasteiger partial charge in [-0.2, -0.15) is 4.31 Å². The number of ether oxygens (including phenoxy) is 1. The Hall–Kier alpha value is -1.44. The van der Waals surface area contributed by atoms with Gasteiger partial charge in [-0.1, -0.05) is 19.1 Å². The van der Waals surface area contributed by atoms with Crippen molar-refractivity contribution in [2.45, 2.75) is 25.7 Å². The fourth-order valence-corrected chi connectivity index (χ4v) is 4.26. The van der Waals surface area contributed by atoms with Crippen molar-refractivity contribution in [1.29, 1.82) is 0 Å². The number of nitrogens with zero attached hydrogens (tertiary/aromatic N) is 2. The predicted molar refractivity (Wildman–Crippen MR) is 87.7 cm³/mol. The first-order valence-corrected chi connectivity index (χ1v) is 9.23. The molecule has 0 atom stereocenters. The van der Waals surface area contributed by atoms with Crippen LogP contribution in [0.1, 0.15) is 18.1 Å². The van der Waals surface area contributed by atoms with Crippen LogP contribution in [0.3, 0.4) is 0 Å². The maximum Gasteiger partial charge on any atom is 0.243 e. The molecule has 1 aliphatic heterocycles. The lowest BCUT2D eigenvalue weighted by Gasteiger charge is -2.29. The molecule has 1 aromatic rings. The summed E-state index contributed by atoms with van der Waals surface area (Å²) in [6.07, 6.45) is 0. The van der Waals surface area contributed by atoms with Gasteiger partial charge in [-0.25, -0.2) is 8.42 Å². The van der Waals surface area contributed by atoms with E-state index in [1.165, 1.54) is 4.31 Å². The molecule has 1 fully saturated rings. The molecule has 0 aromatic heterocycles. The third-order valence-electron chi connectivity index (χ3n) is 3.99. The van der Waals surface area contributed by atoms with E-state index >= 15 is 0 Å². The minimum absolute atomic E-state index is 0.133. The number of benzene rings is 1. The predicted octanol–water partition coefficient (Wildman–Crippen LogP) is 1.17. The van der Waals surface area contributed by atoms with E-state index in [1.54, 1.807) is 30.9 Å². The molecular weight excluding hydrogens is 316 g/mol. The zero-order valence-corrected chi connectivity index (χ0v) is 14.7. The van der Waals surface area contributed by atoms with E-state index in [4.69, 9.17) is 4.74 Å². The molecule has 1 aliphatic rings. The molecule has 0 spiro atoms. The topological polar surface area (TPSA) is 66.9 Å². The number of hydrogen-bond donors (Lipinski definition) is 0. The fourth-order valence-electron chi connectivity index (χ4n) is 2.55. The van der Waals surface area contributed by atoms with Crippen molar-refractivity contribution >= 4 is 15.9 Å². The molecule has 23 heavy (non-hydrogen) atoms.